The predicted octanol–water partition coefficient (Wildman–Crippen LogP) is 1.70. The summed E-state index contributed by atoms with van der Waals surface area (Å²) in [5.41, 5.74) is -0.255. The Kier molecular flexibility index (Phi) is 3.73. The fraction of sp³-hybridized carbons (Fsp3) is 0.889. The summed E-state index contributed by atoms with van der Waals surface area (Å²) >= 11 is 0. The number of carbonyl (C=O) groups excluding carboxylic acids is 1. The van der Waals surface area contributed by atoms with E-state index in [1.54, 1.807) is 6.92 Å². The molecule has 66 valence electrons. The lowest BCUT2D eigenvalue weighted by molar-refractivity contribution is -0.127. The molecule has 2 heteroatoms. The summed E-state index contributed by atoms with van der Waals surface area (Å²) in [7, 11) is 1.99. The Morgan fingerprint density at radius 2 is 1.91 bits per heavy atom. The third-order valence-corrected chi connectivity index (χ3v) is 2.76. The Labute approximate surface area is 69.6 Å². The molecule has 0 spiro atoms. The molecule has 0 heterocycles. The summed E-state index contributed by atoms with van der Waals surface area (Å²) in [6.07, 6.45) is 0.882. The molecule has 0 fully saturated rings. The fourth-order valence-electron chi connectivity index (χ4n) is 1.14. The van der Waals surface area contributed by atoms with Crippen LogP contribution in [0.3, 0.4) is 0 Å². The van der Waals surface area contributed by atoms with E-state index in [-0.39, 0.29) is 11.3 Å². The van der Waals surface area contributed by atoms with Gasteiger partial charge in [0.1, 0.15) is 5.78 Å². The quantitative estimate of drug-likeness (QED) is 0.619. The standard InChI is InChI=1S/C9H19NO/c1-6-9(4,8(3)11)10(5)7-2/h6-7H2,1-5H3. The second kappa shape index (κ2) is 3.86. The van der Waals surface area contributed by atoms with E-state index in [4.69, 9.17) is 0 Å². The molecule has 0 aromatic rings. The minimum Gasteiger partial charge on any atom is -0.298 e. The second-order valence-corrected chi connectivity index (χ2v) is 3.20. The highest BCUT2D eigenvalue weighted by molar-refractivity contribution is 5.85. The molecular weight excluding hydrogens is 138 g/mol. The van der Waals surface area contributed by atoms with Gasteiger partial charge in [-0.25, -0.2) is 0 Å². The van der Waals surface area contributed by atoms with Crippen molar-refractivity contribution in [2.24, 2.45) is 0 Å². The van der Waals surface area contributed by atoms with Gasteiger partial charge in [-0.3, -0.25) is 9.69 Å². The van der Waals surface area contributed by atoms with Crippen LogP contribution in [0.2, 0.25) is 0 Å². The highest BCUT2D eigenvalue weighted by Crippen LogP contribution is 2.17. The van der Waals surface area contributed by atoms with Crippen LogP contribution in [0.4, 0.5) is 0 Å². The van der Waals surface area contributed by atoms with Gasteiger partial charge in [0.05, 0.1) is 5.54 Å². The van der Waals surface area contributed by atoms with Crippen molar-refractivity contribution in [3.63, 3.8) is 0 Å². The van der Waals surface area contributed by atoms with Crippen molar-refractivity contribution in [1.82, 2.24) is 4.90 Å². The Bertz CT molecular complexity index is 144. The molecule has 0 saturated carbocycles. The SMILES string of the molecule is CCN(C)C(C)(CC)C(C)=O. The van der Waals surface area contributed by atoms with Crippen molar-refractivity contribution >= 4 is 5.78 Å². The maximum atomic E-state index is 11.3. The van der Waals surface area contributed by atoms with Crippen molar-refractivity contribution in [2.45, 2.75) is 39.7 Å². The lowest BCUT2D eigenvalue weighted by Crippen LogP contribution is -2.48. The number of rotatable bonds is 4. The van der Waals surface area contributed by atoms with Crippen LogP contribution in [0.5, 0.6) is 0 Å². The normalized spacial score (nSPS) is 16.5. The zero-order valence-corrected chi connectivity index (χ0v) is 8.27. The molecule has 0 rings (SSSR count). The summed E-state index contributed by atoms with van der Waals surface area (Å²) in [6.45, 7) is 8.70. The van der Waals surface area contributed by atoms with Crippen LogP contribution < -0.4 is 0 Å². The van der Waals surface area contributed by atoms with E-state index < -0.39 is 0 Å². The Balaban J connectivity index is 4.45. The van der Waals surface area contributed by atoms with Crippen molar-refractivity contribution in [3.05, 3.63) is 0 Å². The molecule has 0 radical (unpaired) electrons. The molecule has 0 aliphatic carbocycles. The van der Waals surface area contributed by atoms with Crippen molar-refractivity contribution in [1.29, 1.82) is 0 Å². The van der Waals surface area contributed by atoms with Gasteiger partial charge in [0.25, 0.3) is 0 Å². The third kappa shape index (κ3) is 2.03. The Hall–Kier alpha value is -0.370. The van der Waals surface area contributed by atoms with Crippen molar-refractivity contribution in [2.75, 3.05) is 13.6 Å². The number of hydrogen-bond donors (Lipinski definition) is 0. The Morgan fingerprint density at radius 3 is 2.00 bits per heavy atom. The summed E-state index contributed by atoms with van der Waals surface area (Å²) in [6, 6.07) is 0. The second-order valence-electron chi connectivity index (χ2n) is 3.20. The number of nitrogens with zero attached hydrogens (tertiary/aromatic N) is 1. The van der Waals surface area contributed by atoms with Gasteiger partial charge in [-0.05, 0) is 33.9 Å². The molecule has 1 atom stereocenters. The molecule has 0 N–H and O–H groups in total. The van der Waals surface area contributed by atoms with Gasteiger partial charge in [-0.2, -0.15) is 0 Å². The number of Topliss-reactive ketones (excluding diaryl/α,β-unsaturated/α-hetero) is 1. The molecule has 11 heavy (non-hydrogen) atoms. The highest BCUT2D eigenvalue weighted by Gasteiger charge is 2.30. The predicted molar refractivity (Wildman–Crippen MR) is 47.7 cm³/mol. The van der Waals surface area contributed by atoms with Crippen LogP contribution in [0.15, 0.2) is 0 Å². The summed E-state index contributed by atoms with van der Waals surface area (Å²) in [5, 5.41) is 0. The third-order valence-electron chi connectivity index (χ3n) is 2.76. The summed E-state index contributed by atoms with van der Waals surface area (Å²) < 4.78 is 0. The van der Waals surface area contributed by atoms with E-state index in [1.165, 1.54) is 0 Å². The molecule has 0 aliphatic rings. The van der Waals surface area contributed by atoms with Gasteiger partial charge in [-0.1, -0.05) is 13.8 Å². The van der Waals surface area contributed by atoms with E-state index in [1.807, 2.05) is 20.9 Å². The maximum Gasteiger partial charge on any atom is 0.149 e. The van der Waals surface area contributed by atoms with E-state index in [0.717, 1.165) is 13.0 Å². The van der Waals surface area contributed by atoms with Crippen LogP contribution in [0.1, 0.15) is 34.1 Å². The highest BCUT2D eigenvalue weighted by atomic mass is 16.1. The average Bonchev–Trinajstić information content (AvgIpc) is 2.01. The van der Waals surface area contributed by atoms with E-state index >= 15 is 0 Å². The molecule has 0 aromatic heterocycles. The minimum atomic E-state index is -0.255. The molecule has 0 saturated heterocycles. The Morgan fingerprint density at radius 1 is 1.45 bits per heavy atom. The van der Waals surface area contributed by atoms with Crippen molar-refractivity contribution < 1.29 is 4.79 Å². The number of carbonyl (C=O) groups is 1. The van der Waals surface area contributed by atoms with Crippen LogP contribution in [-0.4, -0.2) is 29.8 Å². The largest absolute Gasteiger partial charge is 0.298 e. The van der Waals surface area contributed by atoms with E-state index in [0.29, 0.717) is 0 Å². The molecule has 0 bridgehead atoms. The molecule has 1 unspecified atom stereocenters. The monoisotopic (exact) mass is 157 g/mol. The van der Waals surface area contributed by atoms with Crippen LogP contribution in [0.25, 0.3) is 0 Å². The van der Waals surface area contributed by atoms with Gasteiger partial charge < -0.3 is 0 Å². The van der Waals surface area contributed by atoms with E-state index in [9.17, 15) is 4.79 Å². The van der Waals surface area contributed by atoms with Gasteiger partial charge >= 0.3 is 0 Å². The molecule has 2 nitrogen and oxygen atoms in total. The first kappa shape index (κ1) is 10.6. The summed E-state index contributed by atoms with van der Waals surface area (Å²) in [5.74, 6) is 0.254. The van der Waals surface area contributed by atoms with Crippen LogP contribution in [-0.2, 0) is 4.79 Å². The first-order chi connectivity index (χ1) is 4.99. The lowest BCUT2D eigenvalue weighted by Gasteiger charge is -2.35. The van der Waals surface area contributed by atoms with Gasteiger partial charge in [-0.15, -0.1) is 0 Å². The molecule has 0 aromatic carbocycles. The number of hydrogen-bond acceptors (Lipinski definition) is 2. The minimum absolute atomic E-state index is 0.254. The topological polar surface area (TPSA) is 20.3 Å². The number of ketones is 1. The molecule has 0 aliphatic heterocycles. The molecular formula is C9H19NO. The van der Waals surface area contributed by atoms with Crippen LogP contribution >= 0.6 is 0 Å². The smallest absolute Gasteiger partial charge is 0.149 e. The number of likely N-dealkylation sites (N-methyl/N-ethyl adjacent to an activating group) is 1. The average molecular weight is 157 g/mol. The fourth-order valence-corrected chi connectivity index (χ4v) is 1.14. The van der Waals surface area contributed by atoms with E-state index in [2.05, 4.69) is 11.8 Å². The maximum absolute atomic E-state index is 11.3. The summed E-state index contributed by atoms with van der Waals surface area (Å²) in [4.78, 5) is 13.3. The first-order valence-electron chi connectivity index (χ1n) is 4.21. The molecule has 0 amide bonds. The zero-order chi connectivity index (χ0) is 9.07. The first-order valence-corrected chi connectivity index (χ1v) is 4.21. The lowest BCUT2D eigenvalue weighted by atomic mass is 9.92. The zero-order valence-electron chi connectivity index (χ0n) is 8.27. The van der Waals surface area contributed by atoms with Gasteiger partial charge in [0.2, 0.25) is 0 Å². The van der Waals surface area contributed by atoms with Gasteiger partial charge in [0.15, 0.2) is 0 Å². The van der Waals surface area contributed by atoms with Crippen LogP contribution in [0, 0.1) is 0 Å². The van der Waals surface area contributed by atoms with Gasteiger partial charge in [0, 0.05) is 0 Å². The van der Waals surface area contributed by atoms with Crippen molar-refractivity contribution in [3.8, 4) is 0 Å².